The van der Waals surface area contributed by atoms with Gasteiger partial charge in [0.25, 0.3) is 0 Å². The summed E-state index contributed by atoms with van der Waals surface area (Å²) in [5.74, 6) is 1.46. The van der Waals surface area contributed by atoms with Gasteiger partial charge in [0.15, 0.2) is 0 Å². The van der Waals surface area contributed by atoms with Crippen LogP contribution < -0.4 is 0 Å². The Bertz CT molecular complexity index is 458. The molecule has 1 aromatic rings. The van der Waals surface area contributed by atoms with Gasteiger partial charge in [-0.1, -0.05) is 90.0 Å². The van der Waals surface area contributed by atoms with Crippen LogP contribution in [0.2, 0.25) is 5.02 Å². The van der Waals surface area contributed by atoms with E-state index in [1.807, 2.05) is 24.3 Å². The van der Waals surface area contributed by atoms with E-state index in [-0.39, 0.29) is 0 Å². The SMILES string of the molecule is CCCC[C@H](CC)CN(C[C@@H](CC)CCCC)C[C@H](O)c1ccc(Cl)cc1. The molecular formula is C24H42ClNO. The molecule has 3 heteroatoms. The first-order valence-corrected chi connectivity index (χ1v) is 11.6. The van der Waals surface area contributed by atoms with Crippen LogP contribution >= 0.6 is 11.6 Å². The fraction of sp³-hybridized carbons (Fsp3) is 0.750. The first-order valence-electron chi connectivity index (χ1n) is 11.2. The first-order chi connectivity index (χ1) is 13.0. The highest BCUT2D eigenvalue weighted by atomic mass is 35.5. The topological polar surface area (TPSA) is 23.5 Å². The standard InChI is InChI=1S/C24H42ClNO/c1-5-9-11-20(7-3)17-26(18-21(8-4)12-10-6-2)19-24(27)22-13-15-23(25)16-14-22/h13-16,20-21,24,27H,5-12,17-19H2,1-4H3/t20-,21-,24-/m0/s1. The lowest BCUT2D eigenvalue weighted by atomic mass is 9.95. The van der Waals surface area contributed by atoms with Gasteiger partial charge >= 0.3 is 0 Å². The van der Waals surface area contributed by atoms with E-state index in [4.69, 9.17) is 11.6 Å². The van der Waals surface area contributed by atoms with Crippen molar-refractivity contribution >= 4 is 11.6 Å². The molecule has 0 amide bonds. The Hall–Kier alpha value is -0.570. The van der Waals surface area contributed by atoms with E-state index in [1.165, 1.54) is 51.4 Å². The molecule has 0 aliphatic heterocycles. The van der Waals surface area contributed by atoms with Crippen LogP contribution in [0.15, 0.2) is 24.3 Å². The van der Waals surface area contributed by atoms with E-state index >= 15 is 0 Å². The van der Waals surface area contributed by atoms with Crippen LogP contribution in [0.5, 0.6) is 0 Å². The van der Waals surface area contributed by atoms with Gasteiger partial charge in [0.05, 0.1) is 6.10 Å². The second kappa shape index (κ2) is 14.4. The highest BCUT2D eigenvalue weighted by Gasteiger charge is 2.20. The lowest BCUT2D eigenvalue weighted by molar-refractivity contribution is 0.0879. The van der Waals surface area contributed by atoms with Gasteiger partial charge in [0.2, 0.25) is 0 Å². The van der Waals surface area contributed by atoms with Crippen molar-refractivity contribution in [1.82, 2.24) is 4.90 Å². The third-order valence-corrected chi connectivity index (χ3v) is 6.06. The van der Waals surface area contributed by atoms with E-state index in [2.05, 4.69) is 32.6 Å². The van der Waals surface area contributed by atoms with Gasteiger partial charge in [0, 0.05) is 24.7 Å². The second-order valence-corrected chi connectivity index (χ2v) is 8.56. The molecule has 0 fully saturated rings. The van der Waals surface area contributed by atoms with E-state index in [0.717, 1.165) is 35.5 Å². The summed E-state index contributed by atoms with van der Waals surface area (Å²) in [7, 11) is 0. The summed E-state index contributed by atoms with van der Waals surface area (Å²) in [6.45, 7) is 12.1. The van der Waals surface area contributed by atoms with Gasteiger partial charge in [-0.3, -0.25) is 4.90 Å². The molecule has 0 aromatic heterocycles. The van der Waals surface area contributed by atoms with Gasteiger partial charge in [-0.15, -0.1) is 0 Å². The summed E-state index contributed by atoms with van der Waals surface area (Å²) in [6, 6.07) is 7.65. The number of nitrogens with zero attached hydrogens (tertiary/aromatic N) is 1. The van der Waals surface area contributed by atoms with Crippen LogP contribution in [0.1, 0.15) is 90.7 Å². The maximum atomic E-state index is 10.8. The molecule has 0 unspecified atom stereocenters. The van der Waals surface area contributed by atoms with E-state index in [0.29, 0.717) is 6.54 Å². The molecule has 27 heavy (non-hydrogen) atoms. The number of rotatable bonds is 15. The molecule has 3 atom stereocenters. The Balaban J connectivity index is 2.78. The van der Waals surface area contributed by atoms with E-state index < -0.39 is 6.10 Å². The summed E-state index contributed by atoms with van der Waals surface area (Å²) in [4.78, 5) is 2.53. The van der Waals surface area contributed by atoms with Crippen molar-refractivity contribution in [2.24, 2.45) is 11.8 Å². The molecule has 0 heterocycles. The molecule has 1 rings (SSSR count). The molecule has 0 saturated heterocycles. The lowest BCUT2D eigenvalue weighted by Gasteiger charge is -2.32. The molecule has 2 nitrogen and oxygen atoms in total. The minimum atomic E-state index is -0.449. The maximum absolute atomic E-state index is 10.8. The number of unbranched alkanes of at least 4 members (excludes halogenated alkanes) is 2. The van der Waals surface area contributed by atoms with Crippen LogP contribution in [0, 0.1) is 11.8 Å². The Labute approximate surface area is 173 Å². The van der Waals surface area contributed by atoms with E-state index in [9.17, 15) is 5.11 Å². The summed E-state index contributed by atoms with van der Waals surface area (Å²) >= 11 is 6.00. The predicted octanol–water partition coefficient (Wildman–Crippen LogP) is 7.11. The van der Waals surface area contributed by atoms with Crippen molar-refractivity contribution < 1.29 is 5.11 Å². The second-order valence-electron chi connectivity index (χ2n) is 8.12. The third kappa shape index (κ3) is 9.96. The van der Waals surface area contributed by atoms with Crippen LogP contribution in [0.4, 0.5) is 0 Å². The summed E-state index contributed by atoms with van der Waals surface area (Å²) < 4.78 is 0. The van der Waals surface area contributed by atoms with Crippen molar-refractivity contribution in [2.45, 2.75) is 85.2 Å². The highest BCUT2D eigenvalue weighted by molar-refractivity contribution is 6.30. The quantitative estimate of drug-likeness (QED) is 0.342. The van der Waals surface area contributed by atoms with Crippen LogP contribution in [0.25, 0.3) is 0 Å². The molecule has 0 bridgehead atoms. The summed E-state index contributed by atoms with van der Waals surface area (Å²) in [6.07, 6.45) is 9.72. The van der Waals surface area contributed by atoms with Crippen LogP contribution in [0.3, 0.4) is 0 Å². The van der Waals surface area contributed by atoms with Crippen molar-refractivity contribution in [3.05, 3.63) is 34.9 Å². The average molecular weight is 396 g/mol. The molecule has 0 saturated carbocycles. The van der Waals surface area contributed by atoms with E-state index in [1.54, 1.807) is 0 Å². The highest BCUT2D eigenvalue weighted by Crippen LogP contribution is 2.23. The number of aliphatic hydroxyl groups is 1. The zero-order valence-electron chi connectivity index (χ0n) is 18.1. The third-order valence-electron chi connectivity index (χ3n) is 5.81. The summed E-state index contributed by atoms with van der Waals surface area (Å²) in [5.41, 5.74) is 0.965. The van der Waals surface area contributed by atoms with Crippen LogP contribution in [-0.4, -0.2) is 29.6 Å². The molecule has 1 aromatic carbocycles. The molecule has 0 spiro atoms. The number of aliphatic hydroxyl groups excluding tert-OH is 1. The summed E-state index contributed by atoms with van der Waals surface area (Å²) in [5, 5.41) is 11.5. The smallest absolute Gasteiger partial charge is 0.0916 e. The minimum Gasteiger partial charge on any atom is -0.387 e. The monoisotopic (exact) mass is 395 g/mol. The molecule has 0 aliphatic carbocycles. The Morgan fingerprint density at radius 3 is 1.70 bits per heavy atom. The zero-order chi connectivity index (χ0) is 20.1. The Kier molecular flexibility index (Phi) is 13.1. The van der Waals surface area contributed by atoms with Gasteiger partial charge < -0.3 is 5.11 Å². The molecule has 1 N–H and O–H groups in total. The Morgan fingerprint density at radius 1 is 0.815 bits per heavy atom. The fourth-order valence-electron chi connectivity index (χ4n) is 3.82. The van der Waals surface area contributed by atoms with Gasteiger partial charge in [-0.2, -0.15) is 0 Å². The Morgan fingerprint density at radius 2 is 1.30 bits per heavy atom. The van der Waals surface area contributed by atoms with Crippen molar-refractivity contribution in [3.63, 3.8) is 0 Å². The van der Waals surface area contributed by atoms with Gasteiger partial charge in [-0.25, -0.2) is 0 Å². The predicted molar refractivity (Wildman–Crippen MR) is 119 cm³/mol. The largest absolute Gasteiger partial charge is 0.387 e. The van der Waals surface area contributed by atoms with Gasteiger partial charge in [0.1, 0.15) is 0 Å². The average Bonchev–Trinajstić information content (AvgIpc) is 2.68. The molecule has 0 radical (unpaired) electrons. The lowest BCUT2D eigenvalue weighted by Crippen LogP contribution is -2.37. The fourth-order valence-corrected chi connectivity index (χ4v) is 3.95. The van der Waals surface area contributed by atoms with Crippen molar-refractivity contribution in [3.8, 4) is 0 Å². The number of hydrogen-bond donors (Lipinski definition) is 1. The number of benzene rings is 1. The zero-order valence-corrected chi connectivity index (χ0v) is 18.8. The maximum Gasteiger partial charge on any atom is 0.0916 e. The molecule has 156 valence electrons. The first kappa shape index (κ1) is 24.5. The van der Waals surface area contributed by atoms with Gasteiger partial charge in [-0.05, 0) is 42.4 Å². The molecule has 0 aliphatic rings. The minimum absolute atomic E-state index is 0.449. The van der Waals surface area contributed by atoms with Crippen molar-refractivity contribution in [2.75, 3.05) is 19.6 Å². The number of hydrogen-bond acceptors (Lipinski definition) is 2. The van der Waals surface area contributed by atoms with Crippen LogP contribution in [-0.2, 0) is 0 Å². The molecular weight excluding hydrogens is 354 g/mol. The normalized spacial score (nSPS) is 15.1. The number of halogens is 1. The van der Waals surface area contributed by atoms with Crippen molar-refractivity contribution in [1.29, 1.82) is 0 Å².